The summed E-state index contributed by atoms with van der Waals surface area (Å²) in [5.74, 6) is 0.204. The number of unbranched alkanes of at least 4 members (excludes halogenated alkanes) is 2. The minimum atomic E-state index is 0.204. The van der Waals surface area contributed by atoms with Crippen molar-refractivity contribution in [3.63, 3.8) is 0 Å². The lowest BCUT2D eigenvalue weighted by molar-refractivity contribution is 0.0979. The fraction of sp³-hybridized carbons (Fsp3) is 0.462. The van der Waals surface area contributed by atoms with Crippen molar-refractivity contribution >= 4 is 11.5 Å². The van der Waals surface area contributed by atoms with Gasteiger partial charge >= 0.3 is 0 Å². The van der Waals surface area contributed by atoms with Crippen molar-refractivity contribution in [3.8, 4) is 0 Å². The predicted molar refractivity (Wildman–Crippen MR) is 64.1 cm³/mol. The first kappa shape index (κ1) is 11.8. The Hall–Kier alpha value is -1.31. The number of hydrogen-bond donors (Lipinski definition) is 1. The molecule has 0 saturated carbocycles. The van der Waals surface area contributed by atoms with Gasteiger partial charge in [-0.3, -0.25) is 4.79 Å². The van der Waals surface area contributed by atoms with Crippen LogP contribution in [-0.2, 0) is 0 Å². The molecule has 1 aromatic carbocycles. The van der Waals surface area contributed by atoms with Crippen LogP contribution in [0.15, 0.2) is 18.2 Å². The highest BCUT2D eigenvalue weighted by atomic mass is 16.1. The summed E-state index contributed by atoms with van der Waals surface area (Å²) in [6.45, 7) is 4.08. The molecule has 2 nitrogen and oxygen atoms in total. The average Bonchev–Trinajstić information content (AvgIpc) is 2.22. The van der Waals surface area contributed by atoms with E-state index in [0.717, 1.165) is 30.4 Å². The van der Waals surface area contributed by atoms with Crippen LogP contribution in [0.5, 0.6) is 0 Å². The van der Waals surface area contributed by atoms with Crippen molar-refractivity contribution in [3.05, 3.63) is 29.3 Å². The Morgan fingerprint density at radius 2 is 2.07 bits per heavy atom. The summed E-state index contributed by atoms with van der Waals surface area (Å²) >= 11 is 0. The molecule has 2 N–H and O–H groups in total. The van der Waals surface area contributed by atoms with Crippen molar-refractivity contribution in [2.75, 3.05) is 5.73 Å². The minimum Gasteiger partial charge on any atom is -0.398 e. The number of nitrogen functional groups attached to an aromatic ring is 1. The number of benzene rings is 1. The normalized spacial score (nSPS) is 10.3. The van der Waals surface area contributed by atoms with Crippen LogP contribution in [0.25, 0.3) is 0 Å². The van der Waals surface area contributed by atoms with Gasteiger partial charge in [-0.25, -0.2) is 0 Å². The molecule has 15 heavy (non-hydrogen) atoms. The Balaban J connectivity index is 2.62. The molecule has 0 aliphatic carbocycles. The van der Waals surface area contributed by atoms with Gasteiger partial charge in [0.2, 0.25) is 0 Å². The Bertz CT molecular complexity index is 344. The highest BCUT2D eigenvalue weighted by molar-refractivity contribution is 5.96. The van der Waals surface area contributed by atoms with Crippen LogP contribution in [0, 0.1) is 6.92 Å². The maximum atomic E-state index is 11.7. The van der Waals surface area contributed by atoms with Crippen molar-refractivity contribution in [2.45, 2.75) is 39.5 Å². The number of anilines is 1. The van der Waals surface area contributed by atoms with E-state index in [9.17, 15) is 4.79 Å². The molecule has 0 spiro atoms. The molecule has 0 aliphatic heterocycles. The predicted octanol–water partition coefficient (Wildman–Crippen LogP) is 3.34. The van der Waals surface area contributed by atoms with Crippen LogP contribution in [0.3, 0.4) is 0 Å². The van der Waals surface area contributed by atoms with Gasteiger partial charge in [0, 0.05) is 17.7 Å². The molecule has 0 amide bonds. The van der Waals surface area contributed by atoms with E-state index in [0.29, 0.717) is 12.1 Å². The number of hydrogen-bond acceptors (Lipinski definition) is 2. The molecular weight excluding hydrogens is 186 g/mol. The topological polar surface area (TPSA) is 43.1 Å². The Morgan fingerprint density at radius 1 is 1.33 bits per heavy atom. The molecule has 0 heterocycles. The summed E-state index contributed by atoms with van der Waals surface area (Å²) in [5, 5.41) is 0. The average molecular weight is 205 g/mol. The van der Waals surface area contributed by atoms with Crippen LogP contribution in [0.2, 0.25) is 0 Å². The molecule has 0 fully saturated rings. The number of ketones is 1. The van der Waals surface area contributed by atoms with Gasteiger partial charge in [-0.05, 0) is 25.0 Å². The zero-order valence-corrected chi connectivity index (χ0v) is 9.55. The van der Waals surface area contributed by atoms with Crippen LogP contribution >= 0.6 is 0 Å². The van der Waals surface area contributed by atoms with Gasteiger partial charge in [0.15, 0.2) is 5.78 Å². The monoisotopic (exact) mass is 205 g/mol. The van der Waals surface area contributed by atoms with Gasteiger partial charge in [0.1, 0.15) is 0 Å². The van der Waals surface area contributed by atoms with E-state index in [1.54, 1.807) is 6.07 Å². The molecule has 0 aromatic heterocycles. The highest BCUT2D eigenvalue weighted by Gasteiger charge is 2.06. The zero-order valence-electron chi connectivity index (χ0n) is 9.55. The Morgan fingerprint density at radius 3 is 2.67 bits per heavy atom. The molecule has 0 radical (unpaired) electrons. The Labute approximate surface area is 91.5 Å². The molecule has 1 rings (SSSR count). The second-order valence-electron chi connectivity index (χ2n) is 3.95. The van der Waals surface area contributed by atoms with Gasteiger partial charge in [-0.1, -0.05) is 31.9 Å². The maximum absolute atomic E-state index is 11.7. The molecule has 0 bridgehead atoms. The van der Waals surface area contributed by atoms with E-state index < -0.39 is 0 Å². The maximum Gasteiger partial charge on any atom is 0.162 e. The zero-order chi connectivity index (χ0) is 11.3. The fourth-order valence-electron chi connectivity index (χ4n) is 1.49. The lowest BCUT2D eigenvalue weighted by atomic mass is 10.0. The first-order valence-corrected chi connectivity index (χ1v) is 5.54. The molecule has 0 unspecified atom stereocenters. The summed E-state index contributed by atoms with van der Waals surface area (Å²) in [6, 6.07) is 5.55. The van der Waals surface area contributed by atoms with Gasteiger partial charge in [-0.2, -0.15) is 0 Å². The standard InChI is InChI=1S/C13H19NO/c1-3-4-5-6-13(15)11-8-7-10(2)12(14)9-11/h7-9H,3-6,14H2,1-2H3. The second-order valence-corrected chi connectivity index (χ2v) is 3.95. The second kappa shape index (κ2) is 5.54. The third kappa shape index (κ3) is 3.39. The third-order valence-corrected chi connectivity index (χ3v) is 2.61. The first-order chi connectivity index (χ1) is 7.15. The number of aryl methyl sites for hydroxylation is 1. The molecular formula is C13H19NO. The summed E-state index contributed by atoms with van der Waals surface area (Å²) < 4.78 is 0. The number of carbonyl (C=O) groups is 1. The van der Waals surface area contributed by atoms with E-state index in [2.05, 4.69) is 6.92 Å². The quantitative estimate of drug-likeness (QED) is 0.455. The van der Waals surface area contributed by atoms with Crippen LogP contribution < -0.4 is 5.73 Å². The van der Waals surface area contributed by atoms with Crippen LogP contribution in [0.1, 0.15) is 48.5 Å². The molecule has 2 heteroatoms. The smallest absolute Gasteiger partial charge is 0.162 e. The van der Waals surface area contributed by atoms with Gasteiger partial charge in [0.05, 0.1) is 0 Å². The fourth-order valence-corrected chi connectivity index (χ4v) is 1.49. The van der Waals surface area contributed by atoms with Crippen LogP contribution in [-0.4, -0.2) is 5.78 Å². The summed E-state index contributed by atoms with van der Waals surface area (Å²) in [4.78, 5) is 11.7. The summed E-state index contributed by atoms with van der Waals surface area (Å²) in [5.41, 5.74) is 8.24. The van der Waals surface area contributed by atoms with Crippen molar-refractivity contribution in [1.82, 2.24) is 0 Å². The SMILES string of the molecule is CCCCCC(=O)c1ccc(C)c(N)c1. The van der Waals surface area contributed by atoms with Crippen molar-refractivity contribution < 1.29 is 4.79 Å². The summed E-state index contributed by atoms with van der Waals surface area (Å²) in [7, 11) is 0. The molecule has 0 aliphatic rings. The largest absolute Gasteiger partial charge is 0.398 e. The number of Topliss-reactive ketones (excluding diaryl/α,β-unsaturated/α-hetero) is 1. The van der Waals surface area contributed by atoms with E-state index in [4.69, 9.17) is 5.73 Å². The van der Waals surface area contributed by atoms with E-state index in [-0.39, 0.29) is 5.78 Å². The third-order valence-electron chi connectivity index (χ3n) is 2.61. The lowest BCUT2D eigenvalue weighted by Crippen LogP contribution is -2.01. The van der Waals surface area contributed by atoms with E-state index in [1.807, 2.05) is 19.1 Å². The number of nitrogens with two attached hydrogens (primary N) is 1. The highest BCUT2D eigenvalue weighted by Crippen LogP contribution is 2.15. The molecule has 1 aromatic rings. The van der Waals surface area contributed by atoms with Crippen molar-refractivity contribution in [1.29, 1.82) is 0 Å². The minimum absolute atomic E-state index is 0.204. The molecule has 0 saturated heterocycles. The van der Waals surface area contributed by atoms with E-state index >= 15 is 0 Å². The van der Waals surface area contributed by atoms with Gasteiger partial charge < -0.3 is 5.73 Å². The van der Waals surface area contributed by atoms with Crippen molar-refractivity contribution in [2.24, 2.45) is 0 Å². The summed E-state index contributed by atoms with van der Waals surface area (Å²) in [6.07, 6.45) is 3.87. The van der Waals surface area contributed by atoms with Gasteiger partial charge in [0.25, 0.3) is 0 Å². The lowest BCUT2D eigenvalue weighted by Gasteiger charge is -2.04. The first-order valence-electron chi connectivity index (χ1n) is 5.54. The van der Waals surface area contributed by atoms with Gasteiger partial charge in [-0.15, -0.1) is 0 Å². The number of rotatable bonds is 5. The Kier molecular flexibility index (Phi) is 4.35. The van der Waals surface area contributed by atoms with E-state index in [1.165, 1.54) is 0 Å². The molecule has 0 atom stereocenters. The number of carbonyl (C=O) groups excluding carboxylic acids is 1. The molecule has 82 valence electrons. The van der Waals surface area contributed by atoms with Crippen LogP contribution in [0.4, 0.5) is 5.69 Å².